The van der Waals surface area contributed by atoms with Crippen molar-refractivity contribution in [3.8, 4) is 28.7 Å². The molecular weight excluding hydrogens is 590 g/mol. The first-order valence-electron chi connectivity index (χ1n) is 15.1. The van der Waals surface area contributed by atoms with Crippen LogP contribution in [0.1, 0.15) is 46.1 Å². The highest BCUT2D eigenvalue weighted by atomic mass is 16.5. The minimum Gasteiger partial charge on any atom is -0.502 e. The van der Waals surface area contributed by atoms with Crippen molar-refractivity contribution in [3.05, 3.63) is 111 Å². The van der Waals surface area contributed by atoms with Crippen LogP contribution < -0.4 is 24.4 Å². The van der Waals surface area contributed by atoms with Crippen LogP contribution in [0.2, 0.25) is 0 Å². The van der Waals surface area contributed by atoms with Crippen molar-refractivity contribution in [2.75, 3.05) is 41.6 Å². The molecule has 4 aromatic rings. The number of benzene rings is 3. The van der Waals surface area contributed by atoms with Gasteiger partial charge in [-0.2, -0.15) is 0 Å². The number of methoxy groups -OCH3 is 4. The highest BCUT2D eigenvalue weighted by molar-refractivity contribution is 5.71. The number of rotatable bonds is 13. The zero-order valence-electron chi connectivity index (χ0n) is 26.5. The maximum Gasteiger partial charge on any atom is 0.306 e. The maximum atomic E-state index is 13.0. The van der Waals surface area contributed by atoms with E-state index in [2.05, 4.69) is 4.90 Å². The first-order valence-corrected chi connectivity index (χ1v) is 15.1. The van der Waals surface area contributed by atoms with E-state index in [-0.39, 0.29) is 12.2 Å². The van der Waals surface area contributed by atoms with E-state index in [1.807, 2.05) is 36.4 Å². The molecule has 46 heavy (non-hydrogen) atoms. The SMILES string of the molecule is COC(=O)CC(c1ccc(OCCc2ccc(OC)cc2)cc1)c1oc(CN2CCc3cc(OC)c(OC)cc3C2)cc(=O)c1O. The fraction of sp³-hybridized carbons (Fsp3) is 0.333. The second-order valence-corrected chi connectivity index (χ2v) is 11.1. The van der Waals surface area contributed by atoms with E-state index in [0.717, 1.165) is 29.8 Å². The van der Waals surface area contributed by atoms with Crippen molar-refractivity contribution in [1.82, 2.24) is 4.90 Å². The van der Waals surface area contributed by atoms with Crippen LogP contribution in [0.15, 0.2) is 75.9 Å². The van der Waals surface area contributed by atoms with Gasteiger partial charge in [0.05, 0.1) is 53.9 Å². The molecule has 5 rings (SSSR count). The first-order chi connectivity index (χ1) is 22.3. The Hall–Kier alpha value is -4.96. The van der Waals surface area contributed by atoms with Gasteiger partial charge >= 0.3 is 5.97 Å². The zero-order valence-corrected chi connectivity index (χ0v) is 26.5. The highest BCUT2D eigenvalue weighted by Crippen LogP contribution is 2.36. The summed E-state index contributed by atoms with van der Waals surface area (Å²) in [5.74, 6) is 1.40. The van der Waals surface area contributed by atoms with Crippen LogP contribution in [-0.4, -0.2) is 57.6 Å². The molecule has 0 spiro atoms. The monoisotopic (exact) mass is 629 g/mol. The van der Waals surface area contributed by atoms with Crippen LogP contribution in [-0.2, 0) is 35.5 Å². The molecule has 2 heterocycles. The fourth-order valence-electron chi connectivity index (χ4n) is 5.65. The summed E-state index contributed by atoms with van der Waals surface area (Å²) < 4.78 is 33.2. The number of aromatic hydroxyl groups is 1. The molecule has 3 aromatic carbocycles. The summed E-state index contributed by atoms with van der Waals surface area (Å²) in [6.07, 6.45) is 1.37. The molecular formula is C36H39NO9. The van der Waals surface area contributed by atoms with E-state index in [1.165, 1.54) is 18.7 Å². The number of ether oxygens (including phenoxy) is 5. The van der Waals surface area contributed by atoms with Crippen LogP contribution in [0.5, 0.6) is 28.7 Å². The van der Waals surface area contributed by atoms with Crippen LogP contribution >= 0.6 is 0 Å². The smallest absolute Gasteiger partial charge is 0.306 e. The van der Waals surface area contributed by atoms with Gasteiger partial charge < -0.3 is 33.2 Å². The number of hydrogen-bond donors (Lipinski definition) is 1. The molecule has 10 heteroatoms. The molecule has 1 aliphatic heterocycles. The van der Waals surface area contributed by atoms with Gasteiger partial charge in [-0.15, -0.1) is 0 Å². The van der Waals surface area contributed by atoms with Crippen LogP contribution in [0, 0.1) is 0 Å². The lowest BCUT2D eigenvalue weighted by Gasteiger charge is -2.29. The van der Waals surface area contributed by atoms with E-state index < -0.39 is 23.1 Å². The maximum absolute atomic E-state index is 13.0. The van der Waals surface area contributed by atoms with Gasteiger partial charge in [0, 0.05) is 25.6 Å². The van der Waals surface area contributed by atoms with E-state index >= 15 is 0 Å². The molecule has 0 amide bonds. The third-order valence-electron chi connectivity index (χ3n) is 8.19. The topological polar surface area (TPSA) is 117 Å². The van der Waals surface area contributed by atoms with Gasteiger partial charge in [-0.05, 0) is 65.1 Å². The van der Waals surface area contributed by atoms with Gasteiger partial charge in [-0.25, -0.2) is 0 Å². The Morgan fingerprint density at radius 2 is 1.57 bits per heavy atom. The molecule has 1 aliphatic rings. The number of esters is 1. The molecule has 1 atom stereocenters. The minimum absolute atomic E-state index is 0.0184. The third kappa shape index (κ3) is 7.63. The normalized spacial score (nSPS) is 13.4. The lowest BCUT2D eigenvalue weighted by molar-refractivity contribution is -0.140. The summed E-state index contributed by atoms with van der Waals surface area (Å²) in [4.78, 5) is 27.6. The minimum atomic E-state index is -0.757. The Morgan fingerprint density at radius 1 is 0.891 bits per heavy atom. The van der Waals surface area contributed by atoms with Crippen molar-refractivity contribution in [3.63, 3.8) is 0 Å². The van der Waals surface area contributed by atoms with Crippen LogP contribution in [0.4, 0.5) is 0 Å². The zero-order chi connectivity index (χ0) is 32.6. The molecule has 1 aromatic heterocycles. The summed E-state index contributed by atoms with van der Waals surface area (Å²) in [7, 11) is 6.15. The largest absolute Gasteiger partial charge is 0.502 e. The summed E-state index contributed by atoms with van der Waals surface area (Å²) in [5.41, 5.74) is 3.48. The fourth-order valence-corrected chi connectivity index (χ4v) is 5.65. The van der Waals surface area contributed by atoms with Gasteiger partial charge in [0.25, 0.3) is 0 Å². The lowest BCUT2D eigenvalue weighted by Crippen LogP contribution is -2.30. The van der Waals surface area contributed by atoms with Crippen molar-refractivity contribution in [1.29, 1.82) is 0 Å². The summed E-state index contributed by atoms with van der Waals surface area (Å²) >= 11 is 0. The van der Waals surface area contributed by atoms with Crippen LogP contribution in [0.25, 0.3) is 0 Å². The second-order valence-electron chi connectivity index (χ2n) is 11.1. The Bertz CT molecular complexity index is 1700. The Labute approximate surface area is 268 Å². The molecule has 0 aliphatic carbocycles. The van der Waals surface area contributed by atoms with Gasteiger partial charge in [-0.3, -0.25) is 14.5 Å². The summed E-state index contributed by atoms with van der Waals surface area (Å²) in [5, 5.41) is 10.9. The number of nitrogens with zero attached hydrogens (tertiary/aromatic N) is 1. The van der Waals surface area contributed by atoms with Crippen molar-refractivity contribution in [2.24, 2.45) is 0 Å². The molecule has 0 fully saturated rings. The second kappa shape index (κ2) is 14.9. The molecule has 1 N–H and O–H groups in total. The van der Waals surface area contributed by atoms with Gasteiger partial charge in [0.2, 0.25) is 11.2 Å². The Balaban J connectivity index is 1.33. The number of carbonyl (C=O) groups excluding carboxylic acids is 1. The highest BCUT2D eigenvalue weighted by Gasteiger charge is 2.28. The van der Waals surface area contributed by atoms with Gasteiger partial charge in [0.1, 0.15) is 17.3 Å². The van der Waals surface area contributed by atoms with Gasteiger partial charge in [-0.1, -0.05) is 24.3 Å². The van der Waals surface area contributed by atoms with E-state index in [0.29, 0.717) is 54.7 Å². The lowest BCUT2D eigenvalue weighted by atomic mass is 9.92. The average molecular weight is 630 g/mol. The van der Waals surface area contributed by atoms with Crippen molar-refractivity contribution < 1.29 is 38.0 Å². The molecule has 10 nitrogen and oxygen atoms in total. The van der Waals surface area contributed by atoms with E-state index in [4.69, 9.17) is 28.1 Å². The Kier molecular flexibility index (Phi) is 10.5. The standard InChI is InChI=1S/C36H39NO9/c1-41-27-9-5-23(6-10-27)14-16-45-28-11-7-24(8-12-28)30(20-34(39)44-4)36-35(40)31(38)19-29(46-36)22-37-15-13-25-17-32(42-2)33(43-3)18-26(25)21-37/h5-12,17-19,30,40H,13-16,20-22H2,1-4H3. The molecule has 242 valence electrons. The predicted molar refractivity (Wildman–Crippen MR) is 171 cm³/mol. The number of fused-ring (bicyclic) bond motifs is 1. The predicted octanol–water partition coefficient (Wildman–Crippen LogP) is 5.25. The quantitative estimate of drug-likeness (QED) is 0.197. The molecule has 1 unspecified atom stereocenters. The van der Waals surface area contributed by atoms with Crippen molar-refractivity contribution in [2.45, 2.75) is 38.3 Å². The molecule has 0 saturated carbocycles. The van der Waals surface area contributed by atoms with Crippen LogP contribution in [0.3, 0.4) is 0 Å². The van der Waals surface area contributed by atoms with Crippen molar-refractivity contribution >= 4 is 5.97 Å². The molecule has 0 bridgehead atoms. The molecule has 0 radical (unpaired) electrons. The molecule has 0 saturated heterocycles. The van der Waals surface area contributed by atoms with E-state index in [9.17, 15) is 14.7 Å². The number of carbonyl (C=O) groups is 1. The first kappa shape index (κ1) is 32.4. The average Bonchev–Trinajstić information content (AvgIpc) is 3.08. The summed E-state index contributed by atoms with van der Waals surface area (Å²) in [6, 6.07) is 20.3. The number of hydrogen-bond acceptors (Lipinski definition) is 10. The van der Waals surface area contributed by atoms with E-state index in [1.54, 1.807) is 45.6 Å². The third-order valence-corrected chi connectivity index (χ3v) is 8.19. The summed E-state index contributed by atoms with van der Waals surface area (Å²) in [6.45, 7) is 2.15. The Morgan fingerprint density at radius 3 is 2.22 bits per heavy atom. The van der Waals surface area contributed by atoms with Gasteiger partial charge in [0.15, 0.2) is 17.3 Å².